The number of amides is 1. The summed E-state index contributed by atoms with van der Waals surface area (Å²) >= 11 is 6.05. The normalized spacial score (nSPS) is 25.6. The first-order valence-corrected chi connectivity index (χ1v) is 13.0. The first kappa shape index (κ1) is 24.3. The molecular weight excluding hydrogens is 472 g/mol. The Morgan fingerprint density at radius 1 is 1.09 bits per heavy atom. The second kappa shape index (κ2) is 11.1. The van der Waals surface area contributed by atoms with Gasteiger partial charge in [0.1, 0.15) is 0 Å². The Morgan fingerprint density at radius 3 is 2.63 bits per heavy atom. The number of nitrogens with zero attached hydrogens (tertiary/aromatic N) is 3. The molecule has 0 radical (unpaired) electrons. The van der Waals surface area contributed by atoms with Crippen LogP contribution >= 0.6 is 11.6 Å². The third-order valence-corrected chi connectivity index (χ3v) is 7.91. The van der Waals surface area contributed by atoms with Crippen LogP contribution in [0, 0.1) is 17.8 Å². The number of halogens is 1. The van der Waals surface area contributed by atoms with Gasteiger partial charge in [0.05, 0.1) is 17.9 Å². The lowest BCUT2D eigenvalue weighted by atomic mass is 9.80. The van der Waals surface area contributed by atoms with Crippen molar-refractivity contribution in [3.05, 3.63) is 23.2 Å². The summed E-state index contributed by atoms with van der Waals surface area (Å²) in [6, 6.07) is 5.65. The second-order valence-electron chi connectivity index (χ2n) is 9.93. The Kier molecular flexibility index (Phi) is 7.75. The fraction of sp³-hybridized carbons (Fsp3) is 0.640. The van der Waals surface area contributed by atoms with Crippen LogP contribution in [-0.4, -0.2) is 67.9 Å². The van der Waals surface area contributed by atoms with E-state index in [-0.39, 0.29) is 17.7 Å². The van der Waals surface area contributed by atoms with Gasteiger partial charge in [-0.25, -0.2) is 4.79 Å². The van der Waals surface area contributed by atoms with Gasteiger partial charge in [-0.15, -0.1) is 0 Å². The van der Waals surface area contributed by atoms with Gasteiger partial charge in [-0.05, 0) is 63.1 Å². The van der Waals surface area contributed by atoms with Crippen LogP contribution in [0.2, 0.25) is 5.02 Å². The molecule has 3 heterocycles. The molecule has 1 N–H and O–H groups in total. The SMILES string of the molecule is O=C(NOC(=O)C1CCOC1)C1CCC(CCN2CCN(c3noc4cc(Cl)ccc34)CC2)CC1. The van der Waals surface area contributed by atoms with Crippen LogP contribution in [0.25, 0.3) is 11.0 Å². The van der Waals surface area contributed by atoms with Crippen molar-refractivity contribution >= 4 is 40.3 Å². The molecule has 1 aromatic carbocycles. The highest BCUT2D eigenvalue weighted by atomic mass is 35.5. The van der Waals surface area contributed by atoms with Crippen LogP contribution in [0.1, 0.15) is 38.5 Å². The maximum absolute atomic E-state index is 12.4. The van der Waals surface area contributed by atoms with Gasteiger partial charge >= 0.3 is 5.97 Å². The summed E-state index contributed by atoms with van der Waals surface area (Å²) in [6.07, 6.45) is 5.57. The highest BCUT2D eigenvalue weighted by Crippen LogP contribution is 2.32. The van der Waals surface area contributed by atoms with Crippen LogP contribution in [0.4, 0.5) is 5.82 Å². The molecule has 2 aromatic rings. The number of nitrogens with one attached hydrogen (secondary N) is 1. The van der Waals surface area contributed by atoms with Crippen molar-refractivity contribution in [2.45, 2.75) is 38.5 Å². The Balaban J connectivity index is 0.994. The molecule has 1 atom stereocenters. The molecule has 0 spiro atoms. The number of fused-ring (bicyclic) bond motifs is 1. The molecule has 1 aliphatic carbocycles. The fourth-order valence-corrected chi connectivity index (χ4v) is 5.54. The lowest BCUT2D eigenvalue weighted by molar-refractivity contribution is -0.164. The Morgan fingerprint density at radius 2 is 1.89 bits per heavy atom. The van der Waals surface area contributed by atoms with Crippen LogP contribution in [0.15, 0.2) is 22.7 Å². The molecule has 2 saturated heterocycles. The van der Waals surface area contributed by atoms with Crippen molar-refractivity contribution < 1.29 is 23.7 Å². The average molecular weight is 505 g/mol. The summed E-state index contributed by atoms with van der Waals surface area (Å²) in [6.45, 7) is 5.86. The fourth-order valence-electron chi connectivity index (χ4n) is 5.38. The molecule has 5 rings (SSSR count). The van der Waals surface area contributed by atoms with Gasteiger partial charge in [-0.2, -0.15) is 5.48 Å². The van der Waals surface area contributed by atoms with Gasteiger partial charge in [0, 0.05) is 49.8 Å². The Bertz CT molecular complexity index is 1020. The molecule has 1 saturated carbocycles. The van der Waals surface area contributed by atoms with Crippen molar-refractivity contribution in [2.24, 2.45) is 17.8 Å². The molecule has 2 aliphatic heterocycles. The first-order chi connectivity index (χ1) is 17.1. The molecule has 10 heteroatoms. The van der Waals surface area contributed by atoms with E-state index in [4.69, 9.17) is 25.7 Å². The van der Waals surface area contributed by atoms with Gasteiger partial charge in [-0.3, -0.25) is 9.69 Å². The molecular formula is C25H33ClN4O5. The largest absolute Gasteiger partial charge is 0.381 e. The summed E-state index contributed by atoms with van der Waals surface area (Å²) in [5, 5.41) is 5.93. The van der Waals surface area contributed by atoms with E-state index in [9.17, 15) is 9.59 Å². The minimum Gasteiger partial charge on any atom is -0.381 e. The van der Waals surface area contributed by atoms with E-state index < -0.39 is 5.97 Å². The summed E-state index contributed by atoms with van der Waals surface area (Å²) in [7, 11) is 0. The van der Waals surface area contributed by atoms with Crippen molar-refractivity contribution in [2.75, 3.05) is 50.8 Å². The smallest absolute Gasteiger partial charge is 0.337 e. The Labute approximate surface area is 210 Å². The second-order valence-corrected chi connectivity index (χ2v) is 10.4. The zero-order chi connectivity index (χ0) is 24.2. The molecule has 35 heavy (non-hydrogen) atoms. The molecule has 1 aromatic heterocycles. The molecule has 9 nitrogen and oxygen atoms in total. The Hall–Kier alpha value is -2.36. The summed E-state index contributed by atoms with van der Waals surface area (Å²) < 4.78 is 10.7. The minimum atomic E-state index is -0.397. The molecule has 190 valence electrons. The zero-order valence-corrected chi connectivity index (χ0v) is 20.7. The van der Waals surface area contributed by atoms with Crippen LogP contribution in [-0.2, 0) is 19.2 Å². The van der Waals surface area contributed by atoms with E-state index in [0.717, 1.165) is 81.6 Å². The van der Waals surface area contributed by atoms with E-state index in [2.05, 4.69) is 20.4 Å². The number of ether oxygens (including phenoxy) is 1. The molecule has 3 fully saturated rings. The molecule has 3 aliphatic rings. The predicted molar refractivity (Wildman–Crippen MR) is 131 cm³/mol. The zero-order valence-electron chi connectivity index (χ0n) is 19.9. The van der Waals surface area contributed by atoms with Gasteiger partial charge in [0.25, 0.3) is 5.91 Å². The van der Waals surface area contributed by atoms with E-state index in [1.54, 1.807) is 6.07 Å². The van der Waals surface area contributed by atoms with Crippen molar-refractivity contribution in [3.8, 4) is 0 Å². The van der Waals surface area contributed by atoms with Crippen LogP contribution in [0.5, 0.6) is 0 Å². The average Bonchev–Trinajstić information content (AvgIpc) is 3.57. The van der Waals surface area contributed by atoms with Crippen molar-refractivity contribution in [1.29, 1.82) is 0 Å². The van der Waals surface area contributed by atoms with Gasteiger partial charge in [0.2, 0.25) is 0 Å². The summed E-state index contributed by atoms with van der Waals surface area (Å²) in [5.74, 6) is 0.631. The number of rotatable bonds is 6. The van der Waals surface area contributed by atoms with Gasteiger partial charge in [-0.1, -0.05) is 16.8 Å². The number of carbonyl (C=O) groups excluding carboxylic acids is 2. The number of hydroxylamine groups is 1. The van der Waals surface area contributed by atoms with Gasteiger partial charge in [0.15, 0.2) is 11.4 Å². The number of carbonyl (C=O) groups is 2. The quantitative estimate of drug-likeness (QED) is 0.598. The van der Waals surface area contributed by atoms with E-state index in [1.165, 1.54) is 0 Å². The monoisotopic (exact) mass is 504 g/mol. The minimum absolute atomic E-state index is 0.0745. The maximum Gasteiger partial charge on any atom is 0.337 e. The topological polar surface area (TPSA) is 97.1 Å². The van der Waals surface area contributed by atoms with Crippen molar-refractivity contribution in [3.63, 3.8) is 0 Å². The number of hydrogen-bond acceptors (Lipinski definition) is 8. The lowest BCUT2D eigenvalue weighted by Gasteiger charge is -2.36. The number of hydrogen-bond donors (Lipinski definition) is 1. The highest BCUT2D eigenvalue weighted by Gasteiger charge is 2.30. The maximum atomic E-state index is 12.4. The third kappa shape index (κ3) is 5.90. The van der Waals surface area contributed by atoms with Gasteiger partial charge < -0.3 is 19.0 Å². The van der Waals surface area contributed by atoms with E-state index in [1.807, 2.05) is 12.1 Å². The predicted octanol–water partition coefficient (Wildman–Crippen LogP) is 3.41. The highest BCUT2D eigenvalue weighted by molar-refractivity contribution is 6.31. The molecule has 1 unspecified atom stereocenters. The summed E-state index contributed by atoms with van der Waals surface area (Å²) in [4.78, 5) is 34.2. The number of piperazine rings is 1. The van der Waals surface area contributed by atoms with E-state index >= 15 is 0 Å². The molecule has 1 amide bonds. The number of benzene rings is 1. The van der Waals surface area contributed by atoms with Crippen molar-refractivity contribution in [1.82, 2.24) is 15.5 Å². The van der Waals surface area contributed by atoms with E-state index in [0.29, 0.717) is 30.6 Å². The summed E-state index contributed by atoms with van der Waals surface area (Å²) in [5.41, 5.74) is 3.10. The lowest BCUT2D eigenvalue weighted by Crippen LogP contribution is -2.47. The number of anilines is 1. The van der Waals surface area contributed by atoms with Crippen LogP contribution < -0.4 is 10.4 Å². The number of aromatic nitrogens is 1. The standard InChI is InChI=1S/C25H33ClN4O5/c26-20-5-6-21-22(15-20)34-27-23(21)30-12-10-29(11-13-30)9-7-17-1-3-18(4-2-17)24(31)28-35-25(32)19-8-14-33-16-19/h5-6,15,17-19H,1-4,7-14,16H2,(H,28,31). The third-order valence-electron chi connectivity index (χ3n) is 7.67. The first-order valence-electron chi connectivity index (χ1n) is 12.7. The van der Waals surface area contributed by atoms with Crippen LogP contribution in [0.3, 0.4) is 0 Å². The molecule has 0 bridgehead atoms.